The molecule has 0 unspecified atom stereocenters. The molecule has 2 atom stereocenters. The normalized spacial score (nSPS) is 24.8. The van der Waals surface area contributed by atoms with E-state index in [9.17, 15) is 13.2 Å². The molecular formula is C17H24ClN3O4S. The van der Waals surface area contributed by atoms with E-state index in [1.54, 1.807) is 18.2 Å². The number of carboxylic acid groups (broad SMARTS) is 1. The summed E-state index contributed by atoms with van der Waals surface area (Å²) >= 11 is 6.31. The first kappa shape index (κ1) is 19.4. The second kappa shape index (κ2) is 7.72. The van der Waals surface area contributed by atoms with Crippen LogP contribution in [0.15, 0.2) is 23.1 Å². The molecule has 9 heteroatoms. The smallest absolute Gasteiger partial charge is 0.320 e. The van der Waals surface area contributed by atoms with E-state index in [4.69, 9.17) is 16.7 Å². The summed E-state index contributed by atoms with van der Waals surface area (Å²) in [6.45, 7) is 6.98. The highest BCUT2D eigenvalue weighted by Gasteiger charge is 2.38. The van der Waals surface area contributed by atoms with E-state index in [0.29, 0.717) is 0 Å². The van der Waals surface area contributed by atoms with Crippen LogP contribution in [0.1, 0.15) is 13.3 Å². The molecule has 7 nitrogen and oxygen atoms in total. The molecule has 0 aliphatic carbocycles. The average molecular weight is 402 g/mol. The summed E-state index contributed by atoms with van der Waals surface area (Å²) in [6.07, 6.45) is 0.0503. The van der Waals surface area contributed by atoms with Crippen molar-refractivity contribution in [3.8, 4) is 0 Å². The zero-order chi connectivity index (χ0) is 18.9. The van der Waals surface area contributed by atoms with E-state index >= 15 is 0 Å². The number of rotatable bonds is 5. The Morgan fingerprint density at radius 3 is 2.54 bits per heavy atom. The maximum absolute atomic E-state index is 12.9. The number of halogens is 1. The van der Waals surface area contributed by atoms with Gasteiger partial charge in [-0.05, 0) is 31.2 Å². The van der Waals surface area contributed by atoms with Gasteiger partial charge in [0.25, 0.3) is 0 Å². The van der Waals surface area contributed by atoms with Gasteiger partial charge in [0.2, 0.25) is 0 Å². The fourth-order valence-electron chi connectivity index (χ4n) is 3.55. The zero-order valence-electron chi connectivity index (χ0n) is 14.7. The van der Waals surface area contributed by atoms with Crippen molar-refractivity contribution in [1.29, 1.82) is 0 Å². The number of sulfone groups is 1. The van der Waals surface area contributed by atoms with E-state index in [1.165, 1.54) is 0 Å². The Hall–Kier alpha value is -1.35. The first-order chi connectivity index (χ1) is 12.3. The largest absolute Gasteiger partial charge is 0.480 e. The molecule has 0 aromatic heterocycles. The SMILES string of the molecule is CCN1CCN(c2ccc(S(=O)(=O)[C@H]3CN[C@H](C(=O)O)C3)c(Cl)c2)CC1. The maximum atomic E-state index is 12.9. The van der Waals surface area contributed by atoms with Gasteiger partial charge in [0.1, 0.15) is 6.04 Å². The summed E-state index contributed by atoms with van der Waals surface area (Å²) in [4.78, 5) is 15.7. The van der Waals surface area contributed by atoms with Gasteiger partial charge in [-0.1, -0.05) is 18.5 Å². The minimum absolute atomic E-state index is 0.0503. The molecule has 2 heterocycles. The first-order valence-corrected chi connectivity index (χ1v) is 10.7. The number of benzene rings is 1. The molecule has 0 bridgehead atoms. The molecule has 144 valence electrons. The van der Waals surface area contributed by atoms with Gasteiger partial charge in [-0.15, -0.1) is 0 Å². The maximum Gasteiger partial charge on any atom is 0.320 e. The van der Waals surface area contributed by atoms with Crippen molar-refractivity contribution in [3.05, 3.63) is 23.2 Å². The molecule has 2 aliphatic heterocycles. The van der Waals surface area contributed by atoms with Gasteiger partial charge in [-0.2, -0.15) is 0 Å². The quantitative estimate of drug-likeness (QED) is 0.762. The number of hydrogen-bond acceptors (Lipinski definition) is 6. The van der Waals surface area contributed by atoms with Crippen molar-refractivity contribution >= 4 is 33.1 Å². The number of carbonyl (C=O) groups is 1. The molecule has 0 radical (unpaired) electrons. The Morgan fingerprint density at radius 2 is 2.00 bits per heavy atom. The van der Waals surface area contributed by atoms with Gasteiger partial charge in [0.15, 0.2) is 9.84 Å². The molecule has 0 saturated carbocycles. The minimum atomic E-state index is -3.68. The summed E-state index contributed by atoms with van der Waals surface area (Å²) in [7, 11) is -3.68. The standard InChI is InChI=1S/C17H24ClN3O4S/c1-2-20-5-7-21(8-6-20)12-3-4-16(14(18)9-12)26(24,25)13-10-15(17(22)23)19-11-13/h3-4,9,13,15,19H,2,5-8,10-11H2,1H3,(H,22,23)/t13-,15+/m1/s1. The number of aliphatic carboxylic acids is 1. The highest BCUT2D eigenvalue weighted by Crippen LogP contribution is 2.32. The molecule has 1 aromatic carbocycles. The van der Waals surface area contributed by atoms with Crippen LogP contribution in [0.3, 0.4) is 0 Å². The van der Waals surface area contributed by atoms with E-state index < -0.39 is 27.1 Å². The molecule has 2 N–H and O–H groups in total. The Kier molecular flexibility index (Phi) is 5.76. The number of likely N-dealkylation sites (N-methyl/N-ethyl adjacent to an activating group) is 1. The Labute approximate surface area is 158 Å². The minimum Gasteiger partial charge on any atom is -0.480 e. The number of carboxylic acids is 1. The third-order valence-corrected chi connectivity index (χ3v) is 7.86. The Bertz CT molecular complexity index is 778. The van der Waals surface area contributed by atoms with Gasteiger partial charge in [0, 0.05) is 38.4 Å². The van der Waals surface area contributed by atoms with Gasteiger partial charge < -0.3 is 20.2 Å². The topological polar surface area (TPSA) is 90.0 Å². The first-order valence-electron chi connectivity index (χ1n) is 8.80. The van der Waals surface area contributed by atoms with Crippen LogP contribution in [0.25, 0.3) is 0 Å². The lowest BCUT2D eigenvalue weighted by Crippen LogP contribution is -2.46. The summed E-state index contributed by atoms with van der Waals surface area (Å²) in [5.74, 6) is -1.03. The number of piperazine rings is 1. The van der Waals surface area contributed by atoms with Crippen molar-refractivity contribution in [2.45, 2.75) is 29.5 Å². The lowest BCUT2D eigenvalue weighted by Gasteiger charge is -2.35. The van der Waals surface area contributed by atoms with Crippen LogP contribution in [0.5, 0.6) is 0 Å². The van der Waals surface area contributed by atoms with Crippen LogP contribution in [0.4, 0.5) is 5.69 Å². The van der Waals surface area contributed by atoms with Gasteiger partial charge >= 0.3 is 5.97 Å². The monoisotopic (exact) mass is 401 g/mol. The summed E-state index contributed by atoms with van der Waals surface area (Å²) in [5, 5.41) is 11.2. The number of anilines is 1. The molecule has 2 saturated heterocycles. The lowest BCUT2D eigenvalue weighted by atomic mass is 10.2. The van der Waals surface area contributed by atoms with Gasteiger partial charge in [-0.3, -0.25) is 4.79 Å². The Morgan fingerprint density at radius 1 is 1.31 bits per heavy atom. The van der Waals surface area contributed by atoms with Crippen molar-refractivity contribution in [1.82, 2.24) is 10.2 Å². The highest BCUT2D eigenvalue weighted by atomic mass is 35.5. The summed E-state index contributed by atoms with van der Waals surface area (Å²) in [6, 6.07) is 4.21. The van der Waals surface area contributed by atoms with E-state index in [-0.39, 0.29) is 22.9 Å². The number of nitrogens with one attached hydrogen (secondary N) is 1. The average Bonchev–Trinajstić information content (AvgIpc) is 3.13. The van der Waals surface area contributed by atoms with Crippen molar-refractivity contribution in [3.63, 3.8) is 0 Å². The molecule has 2 fully saturated rings. The second-order valence-corrected chi connectivity index (χ2v) is 9.34. The van der Waals surface area contributed by atoms with Crippen LogP contribution in [-0.2, 0) is 14.6 Å². The van der Waals surface area contributed by atoms with Crippen LogP contribution >= 0.6 is 11.6 Å². The molecular weight excluding hydrogens is 378 g/mol. The fourth-order valence-corrected chi connectivity index (χ4v) is 5.75. The van der Waals surface area contributed by atoms with Crippen LogP contribution < -0.4 is 10.2 Å². The fraction of sp³-hybridized carbons (Fsp3) is 0.588. The molecule has 26 heavy (non-hydrogen) atoms. The summed E-state index contributed by atoms with van der Waals surface area (Å²) < 4.78 is 25.7. The van der Waals surface area contributed by atoms with Crippen LogP contribution in [0.2, 0.25) is 5.02 Å². The third kappa shape index (κ3) is 3.83. The zero-order valence-corrected chi connectivity index (χ0v) is 16.3. The van der Waals surface area contributed by atoms with E-state index in [1.807, 2.05) is 0 Å². The van der Waals surface area contributed by atoms with Gasteiger partial charge in [0.05, 0.1) is 15.2 Å². The Balaban J connectivity index is 1.76. The molecule has 3 rings (SSSR count). The lowest BCUT2D eigenvalue weighted by molar-refractivity contribution is -0.139. The van der Waals surface area contributed by atoms with Crippen molar-refractivity contribution in [2.24, 2.45) is 0 Å². The number of nitrogens with zero attached hydrogens (tertiary/aromatic N) is 2. The van der Waals surface area contributed by atoms with Crippen molar-refractivity contribution in [2.75, 3.05) is 44.2 Å². The third-order valence-electron chi connectivity index (χ3n) is 5.23. The van der Waals surface area contributed by atoms with Crippen LogP contribution in [0, 0.1) is 0 Å². The number of hydrogen-bond donors (Lipinski definition) is 2. The predicted octanol–water partition coefficient (Wildman–Crippen LogP) is 1.07. The van der Waals surface area contributed by atoms with E-state index in [0.717, 1.165) is 38.4 Å². The predicted molar refractivity (Wildman–Crippen MR) is 101 cm³/mol. The van der Waals surface area contributed by atoms with E-state index in [2.05, 4.69) is 22.0 Å². The molecule has 2 aliphatic rings. The van der Waals surface area contributed by atoms with Gasteiger partial charge in [-0.25, -0.2) is 8.42 Å². The molecule has 1 aromatic rings. The molecule has 0 spiro atoms. The second-order valence-electron chi connectivity index (χ2n) is 6.74. The summed E-state index contributed by atoms with van der Waals surface area (Å²) in [5.41, 5.74) is 0.915. The molecule has 0 amide bonds. The highest BCUT2D eigenvalue weighted by molar-refractivity contribution is 7.92. The van der Waals surface area contributed by atoms with Crippen molar-refractivity contribution < 1.29 is 18.3 Å². The van der Waals surface area contributed by atoms with Crippen LogP contribution in [-0.4, -0.2) is 75.0 Å².